The summed E-state index contributed by atoms with van der Waals surface area (Å²) in [6.07, 6.45) is 6.80. The number of fused-ring (bicyclic) bond motifs is 2. The first kappa shape index (κ1) is 13.6. The van der Waals surface area contributed by atoms with Gasteiger partial charge in [0.05, 0.1) is 6.10 Å². The Morgan fingerprint density at radius 2 is 1.90 bits per heavy atom. The fourth-order valence-electron chi connectivity index (χ4n) is 3.76. The third kappa shape index (κ3) is 2.74. The molecule has 2 saturated heterocycles. The highest BCUT2D eigenvalue weighted by Crippen LogP contribution is 2.35. The smallest absolute Gasteiger partial charge is 0.250 e. The summed E-state index contributed by atoms with van der Waals surface area (Å²) in [4.78, 5) is 14.2. The quantitative estimate of drug-likeness (QED) is 0.854. The molecular formula is C15H23N3O2. The monoisotopic (exact) mass is 277 g/mol. The second-order valence-corrected chi connectivity index (χ2v) is 6.10. The Morgan fingerprint density at radius 3 is 2.60 bits per heavy atom. The maximum absolute atomic E-state index is 11.7. The highest BCUT2D eigenvalue weighted by Gasteiger charge is 2.39. The first-order valence-corrected chi connectivity index (χ1v) is 7.53. The molecule has 2 atom stereocenters. The minimum Gasteiger partial charge on any atom is -0.398 e. The second kappa shape index (κ2) is 5.58. The molecule has 5 nitrogen and oxygen atoms in total. The lowest BCUT2D eigenvalue weighted by Gasteiger charge is -2.37. The Hall–Kier alpha value is -1.33. The van der Waals surface area contributed by atoms with E-state index in [2.05, 4.69) is 4.90 Å². The Kier molecular flexibility index (Phi) is 3.81. The number of nitrogen functional groups attached to an aromatic ring is 1. The predicted octanol–water partition coefficient (Wildman–Crippen LogP) is 0.808. The lowest BCUT2D eigenvalue weighted by molar-refractivity contribution is 0.0344. The van der Waals surface area contributed by atoms with Crippen molar-refractivity contribution in [3.8, 4) is 0 Å². The number of aliphatic hydroxyl groups is 1. The topological polar surface area (TPSA) is 71.5 Å². The summed E-state index contributed by atoms with van der Waals surface area (Å²) in [5, 5.41) is 9.79. The molecule has 2 bridgehead atoms. The van der Waals surface area contributed by atoms with Gasteiger partial charge in [-0.1, -0.05) is 0 Å². The zero-order chi connectivity index (χ0) is 14.1. The summed E-state index contributed by atoms with van der Waals surface area (Å²) in [5.74, 6) is 0. The van der Waals surface area contributed by atoms with Crippen LogP contribution in [0.15, 0.2) is 23.1 Å². The van der Waals surface area contributed by atoms with E-state index in [1.54, 1.807) is 16.8 Å². The van der Waals surface area contributed by atoms with Crippen molar-refractivity contribution in [2.75, 3.05) is 12.3 Å². The Bertz CT molecular complexity index is 514. The van der Waals surface area contributed by atoms with E-state index in [1.807, 2.05) is 0 Å². The molecule has 1 aromatic heterocycles. The van der Waals surface area contributed by atoms with Gasteiger partial charge in [0, 0.05) is 43.1 Å². The minimum atomic E-state index is -0.111. The van der Waals surface area contributed by atoms with Crippen molar-refractivity contribution in [1.82, 2.24) is 9.47 Å². The molecule has 2 aliphatic rings. The van der Waals surface area contributed by atoms with Crippen molar-refractivity contribution in [1.29, 1.82) is 0 Å². The van der Waals surface area contributed by atoms with Crippen molar-refractivity contribution >= 4 is 5.69 Å². The number of nitrogens with zero attached hydrogens (tertiary/aromatic N) is 2. The number of hydrogen-bond donors (Lipinski definition) is 2. The highest BCUT2D eigenvalue weighted by molar-refractivity contribution is 5.33. The average Bonchev–Trinajstić information content (AvgIpc) is 2.66. The molecular weight excluding hydrogens is 254 g/mol. The maximum Gasteiger partial charge on any atom is 0.250 e. The Balaban J connectivity index is 1.56. The van der Waals surface area contributed by atoms with Crippen LogP contribution < -0.4 is 11.3 Å². The molecule has 2 fully saturated rings. The van der Waals surface area contributed by atoms with Crippen LogP contribution in [0.1, 0.15) is 32.1 Å². The SMILES string of the molecule is Nc1ccc(=O)n(CCCN2C3CCC2CC(O)C3)c1. The van der Waals surface area contributed by atoms with E-state index in [1.165, 1.54) is 18.9 Å². The van der Waals surface area contributed by atoms with Crippen molar-refractivity contribution in [3.63, 3.8) is 0 Å². The largest absolute Gasteiger partial charge is 0.398 e. The summed E-state index contributed by atoms with van der Waals surface area (Å²) in [6.45, 7) is 1.71. The van der Waals surface area contributed by atoms with E-state index in [0.29, 0.717) is 24.3 Å². The summed E-state index contributed by atoms with van der Waals surface area (Å²) in [5.41, 5.74) is 6.35. The first-order chi connectivity index (χ1) is 9.63. The van der Waals surface area contributed by atoms with Crippen LogP contribution >= 0.6 is 0 Å². The average molecular weight is 277 g/mol. The van der Waals surface area contributed by atoms with Gasteiger partial charge in [-0.25, -0.2) is 0 Å². The molecule has 0 saturated carbocycles. The van der Waals surface area contributed by atoms with Gasteiger partial charge in [-0.05, 0) is 38.2 Å². The molecule has 0 spiro atoms. The van der Waals surface area contributed by atoms with E-state index in [9.17, 15) is 9.90 Å². The van der Waals surface area contributed by atoms with Crippen LogP contribution in [0.25, 0.3) is 0 Å². The van der Waals surface area contributed by atoms with Crippen molar-refractivity contribution < 1.29 is 5.11 Å². The van der Waals surface area contributed by atoms with E-state index < -0.39 is 0 Å². The van der Waals surface area contributed by atoms with Gasteiger partial charge < -0.3 is 15.4 Å². The number of nitrogens with two attached hydrogens (primary N) is 1. The van der Waals surface area contributed by atoms with Crippen LogP contribution in [0.5, 0.6) is 0 Å². The molecule has 3 N–H and O–H groups in total. The van der Waals surface area contributed by atoms with Gasteiger partial charge >= 0.3 is 0 Å². The highest BCUT2D eigenvalue weighted by atomic mass is 16.3. The molecule has 0 amide bonds. The third-order valence-corrected chi connectivity index (χ3v) is 4.68. The van der Waals surface area contributed by atoms with Crippen LogP contribution in [-0.4, -0.2) is 39.3 Å². The number of pyridine rings is 1. The summed E-state index contributed by atoms with van der Waals surface area (Å²) in [6, 6.07) is 4.25. The van der Waals surface area contributed by atoms with E-state index in [-0.39, 0.29) is 11.7 Å². The molecule has 5 heteroatoms. The van der Waals surface area contributed by atoms with Gasteiger partial charge in [-0.3, -0.25) is 9.69 Å². The maximum atomic E-state index is 11.7. The van der Waals surface area contributed by atoms with Crippen LogP contribution in [0.3, 0.4) is 0 Å². The second-order valence-electron chi connectivity index (χ2n) is 6.10. The van der Waals surface area contributed by atoms with Gasteiger partial charge in [0.2, 0.25) is 0 Å². The molecule has 0 radical (unpaired) electrons. The number of aromatic nitrogens is 1. The zero-order valence-electron chi connectivity index (χ0n) is 11.7. The normalized spacial score (nSPS) is 29.8. The van der Waals surface area contributed by atoms with Gasteiger partial charge in [-0.2, -0.15) is 0 Å². The zero-order valence-corrected chi connectivity index (χ0v) is 11.7. The Morgan fingerprint density at radius 1 is 1.20 bits per heavy atom. The Labute approximate surface area is 119 Å². The standard InChI is InChI=1S/C15H23N3O2/c16-11-2-5-15(20)17(10-11)6-1-7-18-12-3-4-13(18)9-14(19)8-12/h2,5,10,12-14,19H,1,3-4,6-9,16H2. The molecule has 1 aromatic rings. The molecule has 3 rings (SSSR count). The van der Waals surface area contributed by atoms with Gasteiger partial charge in [0.25, 0.3) is 5.56 Å². The van der Waals surface area contributed by atoms with E-state index >= 15 is 0 Å². The van der Waals surface area contributed by atoms with Gasteiger partial charge in [-0.15, -0.1) is 0 Å². The molecule has 0 aliphatic carbocycles. The van der Waals surface area contributed by atoms with Crippen LogP contribution in [-0.2, 0) is 6.54 Å². The van der Waals surface area contributed by atoms with Crippen molar-refractivity contribution in [3.05, 3.63) is 28.7 Å². The lowest BCUT2D eigenvalue weighted by Crippen LogP contribution is -2.45. The molecule has 2 unspecified atom stereocenters. The molecule has 2 aliphatic heterocycles. The van der Waals surface area contributed by atoms with Crippen LogP contribution in [0.2, 0.25) is 0 Å². The van der Waals surface area contributed by atoms with E-state index in [4.69, 9.17) is 5.73 Å². The molecule has 110 valence electrons. The van der Waals surface area contributed by atoms with Gasteiger partial charge in [0.15, 0.2) is 0 Å². The van der Waals surface area contributed by atoms with Crippen LogP contribution in [0.4, 0.5) is 5.69 Å². The predicted molar refractivity (Wildman–Crippen MR) is 78.5 cm³/mol. The number of aryl methyl sites for hydroxylation is 1. The fraction of sp³-hybridized carbons (Fsp3) is 0.667. The number of piperidine rings is 1. The van der Waals surface area contributed by atoms with E-state index in [0.717, 1.165) is 25.8 Å². The van der Waals surface area contributed by atoms with Crippen LogP contribution in [0, 0.1) is 0 Å². The van der Waals surface area contributed by atoms with Crippen molar-refractivity contribution in [2.45, 2.75) is 56.8 Å². The number of anilines is 1. The lowest BCUT2D eigenvalue weighted by atomic mass is 10.00. The summed E-state index contributed by atoms with van der Waals surface area (Å²) >= 11 is 0. The van der Waals surface area contributed by atoms with Crippen molar-refractivity contribution in [2.24, 2.45) is 0 Å². The summed E-state index contributed by atoms with van der Waals surface area (Å²) < 4.78 is 1.69. The first-order valence-electron chi connectivity index (χ1n) is 7.53. The number of aliphatic hydroxyl groups excluding tert-OH is 1. The fourth-order valence-corrected chi connectivity index (χ4v) is 3.76. The minimum absolute atomic E-state index is 0.0104. The number of hydrogen-bond acceptors (Lipinski definition) is 4. The van der Waals surface area contributed by atoms with Gasteiger partial charge in [0.1, 0.15) is 0 Å². The third-order valence-electron chi connectivity index (χ3n) is 4.68. The molecule has 0 aromatic carbocycles. The molecule has 3 heterocycles. The number of rotatable bonds is 4. The molecule has 20 heavy (non-hydrogen) atoms. The summed E-state index contributed by atoms with van der Waals surface area (Å²) in [7, 11) is 0.